The van der Waals surface area contributed by atoms with Crippen LogP contribution < -0.4 is 21.3 Å². The second-order valence-corrected chi connectivity index (χ2v) is 11.6. The van der Waals surface area contributed by atoms with E-state index in [1.807, 2.05) is 12.1 Å². The molecule has 12 heteroatoms. The zero-order valence-corrected chi connectivity index (χ0v) is 25.4. The molecule has 1 amide bonds. The molecular weight excluding hydrogens is 589 g/mol. The smallest absolute Gasteiger partial charge is 0.330 e. The third-order valence-electron chi connectivity index (χ3n) is 8.55. The van der Waals surface area contributed by atoms with E-state index in [-0.39, 0.29) is 34.0 Å². The number of nitrogens with one attached hydrogen (secondary N) is 1. The van der Waals surface area contributed by atoms with Crippen LogP contribution in [0.25, 0.3) is 22.4 Å². The van der Waals surface area contributed by atoms with Gasteiger partial charge in [-0.05, 0) is 49.1 Å². The highest BCUT2D eigenvalue weighted by atomic mass is 35.5. The van der Waals surface area contributed by atoms with Crippen LogP contribution in [0.4, 0.5) is 10.1 Å². The number of benzene rings is 2. The summed E-state index contributed by atoms with van der Waals surface area (Å²) in [5, 5.41) is 12.8. The van der Waals surface area contributed by atoms with Crippen LogP contribution in [0.15, 0.2) is 52.2 Å². The zero-order chi connectivity index (χ0) is 31.4. The molecule has 4 aromatic rings. The van der Waals surface area contributed by atoms with Crippen LogP contribution in [-0.4, -0.2) is 56.3 Å². The molecule has 1 saturated heterocycles. The summed E-state index contributed by atoms with van der Waals surface area (Å²) >= 11 is 6.97. The molecule has 0 saturated carbocycles. The molecule has 2 aromatic heterocycles. The number of amides is 1. The van der Waals surface area contributed by atoms with Gasteiger partial charge < -0.3 is 19.7 Å². The van der Waals surface area contributed by atoms with Crippen molar-refractivity contribution in [1.29, 1.82) is 0 Å². The van der Waals surface area contributed by atoms with Crippen LogP contribution in [0.2, 0.25) is 5.02 Å². The number of aromatic nitrogens is 3. The number of halogens is 2. The molecule has 10 nitrogen and oxygen atoms in total. The Morgan fingerprint density at radius 3 is 2.59 bits per heavy atom. The quantitative estimate of drug-likeness (QED) is 0.337. The molecule has 0 radical (unpaired) electrons. The molecular formula is C32H31ClFN5O5. The highest BCUT2D eigenvalue weighted by Crippen LogP contribution is 2.46. The van der Waals surface area contributed by atoms with E-state index >= 15 is 4.39 Å². The van der Waals surface area contributed by atoms with Gasteiger partial charge in [0.15, 0.2) is 0 Å². The van der Waals surface area contributed by atoms with Crippen molar-refractivity contribution in [1.82, 2.24) is 19.0 Å². The predicted octanol–water partition coefficient (Wildman–Crippen LogP) is 3.84. The van der Waals surface area contributed by atoms with Crippen LogP contribution in [0, 0.1) is 12.7 Å². The van der Waals surface area contributed by atoms with Gasteiger partial charge in [0.1, 0.15) is 11.4 Å². The minimum absolute atomic E-state index is 0.127. The number of hydrogen-bond donors (Lipinski definition) is 2. The lowest BCUT2D eigenvalue weighted by molar-refractivity contribution is -0.0256. The highest BCUT2D eigenvalue weighted by molar-refractivity contribution is 6.36. The van der Waals surface area contributed by atoms with E-state index in [9.17, 15) is 19.5 Å². The van der Waals surface area contributed by atoms with Gasteiger partial charge in [-0.2, -0.15) is 0 Å². The van der Waals surface area contributed by atoms with Gasteiger partial charge in [0, 0.05) is 67.4 Å². The van der Waals surface area contributed by atoms with Gasteiger partial charge in [-0.3, -0.25) is 19.1 Å². The van der Waals surface area contributed by atoms with Crippen molar-refractivity contribution in [3.8, 4) is 28.3 Å². The molecule has 1 aliphatic carbocycles. The molecule has 228 valence electrons. The number of β-amino-alcohol motifs (C(OH)–C–C–N with tert-alkyl or cyclic N) is 1. The number of likely N-dealkylation sites (tertiary alicyclic amines) is 1. The molecule has 1 fully saturated rings. The number of methoxy groups -OCH3 is 1. The van der Waals surface area contributed by atoms with Crippen molar-refractivity contribution in [2.45, 2.75) is 31.9 Å². The fourth-order valence-corrected chi connectivity index (χ4v) is 6.52. The standard InChI is InChI=1S/C32H31ClFN5O5/c1-16-23(35-29(41)21-15-37(2)32(43)38(3)31(21)42)10-9-22(34)26(16)20-7-5-6-19(28(20)33)24-12-17-8-11-25(39-13-18(40)14-39)27(17)30(36-24)44-4/h5-7,9-10,12,15,18,25,40H,8,11,13-14H2,1-4H3,(H,35,41)/t25-/m1/s1. The van der Waals surface area contributed by atoms with Crippen LogP contribution in [0.3, 0.4) is 0 Å². The Morgan fingerprint density at radius 1 is 1.16 bits per heavy atom. The van der Waals surface area contributed by atoms with Crippen molar-refractivity contribution in [3.63, 3.8) is 0 Å². The van der Waals surface area contributed by atoms with E-state index in [4.69, 9.17) is 21.3 Å². The molecule has 0 spiro atoms. The molecule has 0 unspecified atom stereocenters. The van der Waals surface area contributed by atoms with Gasteiger partial charge in [-0.1, -0.05) is 29.8 Å². The van der Waals surface area contributed by atoms with Crippen molar-refractivity contribution in [2.24, 2.45) is 14.1 Å². The Labute approximate surface area is 257 Å². The molecule has 1 aliphatic heterocycles. The van der Waals surface area contributed by atoms with Gasteiger partial charge in [-0.15, -0.1) is 0 Å². The van der Waals surface area contributed by atoms with Gasteiger partial charge in [0.25, 0.3) is 11.5 Å². The summed E-state index contributed by atoms with van der Waals surface area (Å²) in [5.74, 6) is -0.779. The summed E-state index contributed by atoms with van der Waals surface area (Å²) in [7, 11) is 4.31. The molecule has 2 N–H and O–H groups in total. The monoisotopic (exact) mass is 619 g/mol. The van der Waals surface area contributed by atoms with Gasteiger partial charge >= 0.3 is 5.69 Å². The second-order valence-electron chi connectivity index (χ2n) is 11.3. The highest BCUT2D eigenvalue weighted by Gasteiger charge is 2.38. The first kappa shape index (κ1) is 29.7. The van der Waals surface area contributed by atoms with E-state index in [0.717, 1.165) is 33.1 Å². The first-order valence-electron chi connectivity index (χ1n) is 14.2. The molecule has 44 heavy (non-hydrogen) atoms. The Hall–Kier alpha value is -4.32. The maximum atomic E-state index is 15.5. The van der Waals surface area contributed by atoms with Crippen LogP contribution in [0.5, 0.6) is 5.88 Å². The van der Waals surface area contributed by atoms with Crippen molar-refractivity contribution >= 4 is 23.2 Å². The summed E-state index contributed by atoms with van der Waals surface area (Å²) in [5.41, 5.74) is 3.03. The average molecular weight is 620 g/mol. The topological polar surface area (TPSA) is 119 Å². The Kier molecular flexibility index (Phi) is 7.64. The third kappa shape index (κ3) is 4.90. The fraction of sp³-hybridized carbons (Fsp3) is 0.312. The number of aliphatic hydroxyl groups excluding tert-OH is 1. The maximum absolute atomic E-state index is 15.5. The van der Waals surface area contributed by atoms with Crippen LogP contribution >= 0.6 is 11.6 Å². The molecule has 1 atom stereocenters. The van der Waals surface area contributed by atoms with Gasteiger partial charge in [0.05, 0.1) is 23.9 Å². The Bertz CT molecular complexity index is 1950. The number of fused-ring (bicyclic) bond motifs is 1. The van der Waals surface area contributed by atoms with E-state index in [1.165, 1.54) is 32.4 Å². The fourth-order valence-electron chi connectivity index (χ4n) is 6.20. The molecule has 3 heterocycles. The van der Waals surface area contributed by atoms with Gasteiger partial charge in [-0.25, -0.2) is 14.2 Å². The first-order valence-corrected chi connectivity index (χ1v) is 14.5. The van der Waals surface area contributed by atoms with Crippen molar-refractivity contribution in [2.75, 3.05) is 25.5 Å². The summed E-state index contributed by atoms with van der Waals surface area (Å²) in [6.45, 7) is 2.89. The number of aryl methyl sites for hydroxylation is 2. The summed E-state index contributed by atoms with van der Waals surface area (Å²) in [6, 6.07) is 10.0. The summed E-state index contributed by atoms with van der Waals surface area (Å²) in [4.78, 5) is 44.8. The van der Waals surface area contributed by atoms with Crippen LogP contribution in [-0.2, 0) is 20.5 Å². The van der Waals surface area contributed by atoms with E-state index in [2.05, 4.69) is 10.2 Å². The van der Waals surface area contributed by atoms with Crippen molar-refractivity contribution < 1.29 is 19.0 Å². The first-order chi connectivity index (χ1) is 21.0. The van der Waals surface area contributed by atoms with E-state index in [1.54, 1.807) is 26.2 Å². The number of carbonyl (C=O) groups is 1. The second kappa shape index (κ2) is 11.3. The lowest BCUT2D eigenvalue weighted by Crippen LogP contribution is -2.51. The Morgan fingerprint density at radius 2 is 1.89 bits per heavy atom. The normalized spacial score (nSPS) is 16.5. The Balaban J connectivity index is 1.37. The number of pyridine rings is 1. The number of rotatable bonds is 6. The third-order valence-corrected chi connectivity index (χ3v) is 8.96. The summed E-state index contributed by atoms with van der Waals surface area (Å²) < 4.78 is 23.2. The number of aliphatic hydroxyl groups is 1. The largest absolute Gasteiger partial charge is 0.481 e. The average Bonchev–Trinajstić information content (AvgIpc) is 3.41. The molecule has 2 aromatic carbocycles. The number of hydrogen-bond acceptors (Lipinski definition) is 7. The predicted molar refractivity (Wildman–Crippen MR) is 165 cm³/mol. The van der Waals surface area contributed by atoms with Crippen LogP contribution in [0.1, 0.15) is 39.5 Å². The zero-order valence-electron chi connectivity index (χ0n) is 24.6. The molecule has 0 bridgehead atoms. The lowest BCUT2D eigenvalue weighted by Gasteiger charge is -2.40. The van der Waals surface area contributed by atoms with E-state index in [0.29, 0.717) is 41.4 Å². The number of ether oxygens (including phenoxy) is 1. The molecule has 2 aliphatic rings. The molecule has 6 rings (SSSR count). The van der Waals surface area contributed by atoms with Gasteiger partial charge in [0.2, 0.25) is 5.88 Å². The summed E-state index contributed by atoms with van der Waals surface area (Å²) in [6.07, 6.45) is 2.58. The van der Waals surface area contributed by atoms with Crippen molar-refractivity contribution in [3.05, 3.63) is 96.5 Å². The van der Waals surface area contributed by atoms with E-state index < -0.39 is 23.0 Å². The number of carbonyl (C=O) groups excluding carboxylic acids is 1. The lowest BCUT2D eigenvalue weighted by atomic mass is 9.95. The SMILES string of the molecule is COc1nc(-c2cccc(-c3c(F)ccc(NC(=O)c4cn(C)c(=O)n(C)c4=O)c3C)c2Cl)cc2c1[C@H](N1CC(O)C1)CC2. The maximum Gasteiger partial charge on any atom is 0.330 e. The minimum atomic E-state index is -0.743. The number of nitrogens with zero attached hydrogens (tertiary/aromatic N) is 4. The minimum Gasteiger partial charge on any atom is -0.481 e. The number of anilines is 1.